The second-order valence-electron chi connectivity index (χ2n) is 9.03. The Morgan fingerprint density at radius 2 is 1.92 bits per heavy atom. The lowest BCUT2D eigenvalue weighted by molar-refractivity contribution is -0.174. The number of para-hydroxylation sites is 1. The lowest BCUT2D eigenvalue weighted by Gasteiger charge is -2.31. The molecule has 1 N–H and O–H groups in total. The summed E-state index contributed by atoms with van der Waals surface area (Å²) in [6.07, 6.45) is -2.05. The van der Waals surface area contributed by atoms with E-state index in [-0.39, 0.29) is 12.5 Å². The largest absolute Gasteiger partial charge is 0.392 e. The van der Waals surface area contributed by atoms with E-state index < -0.39 is 12.1 Å². The predicted octanol–water partition coefficient (Wildman–Crippen LogP) is 6.79. The van der Waals surface area contributed by atoms with Gasteiger partial charge in [-0.1, -0.05) is 54.0 Å². The second-order valence-corrected chi connectivity index (χ2v) is 10.8. The first-order valence-electron chi connectivity index (χ1n) is 11.5. The molecule has 0 saturated carbocycles. The maximum absolute atomic E-state index is 13.1. The van der Waals surface area contributed by atoms with E-state index in [4.69, 9.17) is 23.2 Å². The number of rotatable bonds is 5. The Morgan fingerprint density at radius 3 is 2.65 bits per heavy atom. The van der Waals surface area contributed by atoms with Gasteiger partial charge in [0.25, 0.3) is 5.91 Å². The summed E-state index contributed by atoms with van der Waals surface area (Å²) in [6.45, 7) is 2.26. The summed E-state index contributed by atoms with van der Waals surface area (Å²) in [5.41, 5.74) is 3.67. The maximum Gasteiger partial charge on any atom is 0.392 e. The monoisotopic (exact) mass is 567 g/mol. The number of aromatic nitrogens is 2. The van der Waals surface area contributed by atoms with Crippen molar-refractivity contribution >= 4 is 58.2 Å². The van der Waals surface area contributed by atoms with E-state index >= 15 is 0 Å². The van der Waals surface area contributed by atoms with Crippen molar-refractivity contribution in [3.05, 3.63) is 69.3 Å². The normalized spacial score (nSPS) is 16.8. The first-order chi connectivity index (χ1) is 17.6. The number of halogens is 5. The number of carbonyl (C=O) groups excluding carboxylic acids is 1. The molecule has 3 heterocycles. The molecule has 2 aliphatic heterocycles. The van der Waals surface area contributed by atoms with E-state index in [1.54, 1.807) is 18.2 Å². The van der Waals surface area contributed by atoms with Crippen molar-refractivity contribution < 1.29 is 18.0 Å². The molecular weight excluding hydrogens is 546 g/mol. The number of carbonyl (C=O) groups is 1. The second kappa shape index (κ2) is 10.3. The summed E-state index contributed by atoms with van der Waals surface area (Å²) in [5, 5.41) is 4.50. The van der Waals surface area contributed by atoms with Crippen LogP contribution >= 0.6 is 35.0 Å². The van der Waals surface area contributed by atoms with E-state index in [9.17, 15) is 18.0 Å². The lowest BCUT2D eigenvalue weighted by Crippen LogP contribution is -2.38. The average Bonchev–Trinajstić information content (AvgIpc) is 2.85. The van der Waals surface area contributed by atoms with Crippen molar-refractivity contribution in [1.29, 1.82) is 0 Å². The van der Waals surface area contributed by atoms with Crippen LogP contribution < -0.4 is 10.2 Å². The third kappa shape index (κ3) is 5.52. The minimum Gasteiger partial charge on any atom is -0.324 e. The summed E-state index contributed by atoms with van der Waals surface area (Å²) >= 11 is 14.0. The first-order valence-corrected chi connectivity index (χ1v) is 13.3. The minimum absolute atomic E-state index is 0.0115. The smallest absolute Gasteiger partial charge is 0.324 e. The SMILES string of the molecule is CC(CN1CCc2cc(Nc3ncc4c(n3)SCN(c3c(Cl)cccc3Cl)C4=O)ccc2C1)C(F)(F)F. The predicted molar refractivity (Wildman–Crippen MR) is 140 cm³/mol. The van der Waals surface area contributed by atoms with Gasteiger partial charge in [-0.05, 0) is 41.8 Å². The fourth-order valence-electron chi connectivity index (χ4n) is 4.39. The molecule has 12 heteroatoms. The number of benzene rings is 2. The fraction of sp³-hybridized carbons (Fsp3) is 0.320. The molecule has 1 aromatic heterocycles. The molecule has 0 radical (unpaired) electrons. The van der Waals surface area contributed by atoms with E-state index in [2.05, 4.69) is 15.3 Å². The van der Waals surface area contributed by atoms with Gasteiger partial charge in [0.2, 0.25) is 5.95 Å². The standard InChI is InChI=1S/C25H22Cl2F3N5OS/c1-14(25(28,29)30)11-34-8-7-15-9-17(6-5-16(15)12-34)32-24-31-10-18-22(33-24)37-13-35(23(18)36)21-19(26)3-2-4-20(21)27/h2-6,9-10,14H,7-8,11-13H2,1H3,(H,31,32,33). The number of nitrogens with zero attached hydrogens (tertiary/aromatic N) is 4. The van der Waals surface area contributed by atoms with E-state index in [1.165, 1.54) is 29.8 Å². The molecule has 194 valence electrons. The summed E-state index contributed by atoms with van der Waals surface area (Å²) in [7, 11) is 0. The van der Waals surface area contributed by atoms with Gasteiger partial charge in [0, 0.05) is 31.5 Å². The molecule has 37 heavy (non-hydrogen) atoms. The van der Waals surface area contributed by atoms with Crippen LogP contribution in [0.5, 0.6) is 0 Å². The van der Waals surface area contributed by atoms with Crippen molar-refractivity contribution in [1.82, 2.24) is 14.9 Å². The molecule has 0 saturated heterocycles. The Bertz CT molecular complexity index is 1340. The number of hydrogen-bond acceptors (Lipinski definition) is 6. The average molecular weight is 568 g/mol. The highest BCUT2D eigenvalue weighted by atomic mass is 35.5. The molecule has 0 bridgehead atoms. The van der Waals surface area contributed by atoms with Crippen LogP contribution in [0.25, 0.3) is 0 Å². The summed E-state index contributed by atoms with van der Waals surface area (Å²) in [4.78, 5) is 25.3. The number of fused-ring (bicyclic) bond motifs is 2. The molecule has 2 aliphatic rings. The third-order valence-electron chi connectivity index (χ3n) is 6.41. The Kier molecular flexibility index (Phi) is 7.28. The van der Waals surface area contributed by atoms with Gasteiger partial charge in [0.05, 0.1) is 33.1 Å². The van der Waals surface area contributed by atoms with Crippen LogP contribution in [-0.4, -0.2) is 45.9 Å². The van der Waals surface area contributed by atoms with Gasteiger partial charge in [-0.25, -0.2) is 9.97 Å². The van der Waals surface area contributed by atoms with E-state index in [0.717, 1.165) is 16.8 Å². The number of thioether (sulfide) groups is 1. The quantitative estimate of drug-likeness (QED) is 0.342. The van der Waals surface area contributed by atoms with Crippen molar-refractivity contribution in [3.63, 3.8) is 0 Å². The number of alkyl halides is 3. The maximum atomic E-state index is 13.1. The summed E-state index contributed by atoms with van der Waals surface area (Å²) in [6, 6.07) is 10.8. The molecule has 2 aromatic carbocycles. The number of anilines is 3. The molecule has 1 atom stereocenters. The molecule has 1 unspecified atom stereocenters. The molecule has 6 nitrogen and oxygen atoms in total. The zero-order chi connectivity index (χ0) is 26.3. The van der Waals surface area contributed by atoms with Crippen LogP contribution in [0.2, 0.25) is 10.0 Å². The molecule has 0 spiro atoms. The molecule has 5 rings (SSSR count). The highest BCUT2D eigenvalue weighted by Gasteiger charge is 2.37. The Balaban J connectivity index is 1.28. The number of hydrogen-bond donors (Lipinski definition) is 1. The van der Waals surface area contributed by atoms with Gasteiger partial charge in [0.15, 0.2) is 0 Å². The van der Waals surface area contributed by atoms with Gasteiger partial charge in [0.1, 0.15) is 5.03 Å². The van der Waals surface area contributed by atoms with Crippen LogP contribution in [0.3, 0.4) is 0 Å². The van der Waals surface area contributed by atoms with Crippen molar-refractivity contribution in [3.8, 4) is 0 Å². The lowest BCUT2D eigenvalue weighted by atomic mass is 9.98. The highest BCUT2D eigenvalue weighted by molar-refractivity contribution is 7.99. The van der Waals surface area contributed by atoms with Crippen LogP contribution in [0.4, 0.5) is 30.5 Å². The Hall–Kier alpha value is -2.53. The molecular formula is C25H22Cl2F3N5OS. The topological polar surface area (TPSA) is 61.4 Å². The van der Waals surface area contributed by atoms with Crippen molar-refractivity contribution in [2.75, 3.05) is 29.2 Å². The Morgan fingerprint density at radius 1 is 1.16 bits per heavy atom. The number of amides is 1. The van der Waals surface area contributed by atoms with Gasteiger partial charge < -0.3 is 5.32 Å². The zero-order valence-corrected chi connectivity index (χ0v) is 22.0. The van der Waals surface area contributed by atoms with Crippen molar-refractivity contribution in [2.24, 2.45) is 5.92 Å². The van der Waals surface area contributed by atoms with E-state index in [1.807, 2.05) is 23.1 Å². The van der Waals surface area contributed by atoms with Crippen molar-refractivity contribution in [2.45, 2.75) is 31.1 Å². The number of nitrogens with one attached hydrogen (secondary N) is 1. The zero-order valence-electron chi connectivity index (χ0n) is 19.6. The summed E-state index contributed by atoms with van der Waals surface area (Å²) < 4.78 is 38.8. The van der Waals surface area contributed by atoms with E-state index in [0.29, 0.717) is 57.7 Å². The highest BCUT2D eigenvalue weighted by Crippen LogP contribution is 2.39. The molecule has 0 fully saturated rings. The van der Waals surface area contributed by atoms with Gasteiger partial charge in [-0.15, -0.1) is 0 Å². The van der Waals surface area contributed by atoms with Crippen LogP contribution in [0, 0.1) is 5.92 Å². The van der Waals surface area contributed by atoms with Gasteiger partial charge >= 0.3 is 6.18 Å². The summed E-state index contributed by atoms with van der Waals surface area (Å²) in [5.74, 6) is -1.00. The van der Waals surface area contributed by atoms with Gasteiger partial charge in [-0.3, -0.25) is 14.6 Å². The molecule has 3 aromatic rings. The fourth-order valence-corrected chi connectivity index (χ4v) is 5.94. The molecule has 0 aliphatic carbocycles. The molecule has 1 amide bonds. The van der Waals surface area contributed by atoms with Crippen LogP contribution in [0.1, 0.15) is 28.4 Å². The third-order valence-corrected chi connectivity index (χ3v) is 7.99. The van der Waals surface area contributed by atoms with Crippen LogP contribution in [0.15, 0.2) is 47.6 Å². The first kappa shape index (κ1) is 26.1. The minimum atomic E-state index is -4.19. The van der Waals surface area contributed by atoms with Gasteiger partial charge in [-0.2, -0.15) is 13.2 Å². The Labute approximate surface area is 226 Å². The van der Waals surface area contributed by atoms with Crippen LogP contribution in [-0.2, 0) is 13.0 Å².